The molecule has 2 unspecified atom stereocenters. The number of nitrogens with zero attached hydrogens (tertiary/aromatic N) is 6. The smallest absolute Gasteiger partial charge is 0.270 e. The lowest BCUT2D eigenvalue weighted by molar-refractivity contribution is -0.559. The summed E-state index contributed by atoms with van der Waals surface area (Å²) in [5, 5.41) is 7.44. The summed E-state index contributed by atoms with van der Waals surface area (Å²) in [5.41, 5.74) is 1.66. The fourth-order valence-electron chi connectivity index (χ4n) is 3.57. The number of benzene rings is 1. The van der Waals surface area contributed by atoms with E-state index in [1.165, 1.54) is 11.9 Å². The molecule has 1 fully saturated rings. The van der Waals surface area contributed by atoms with E-state index >= 15 is 0 Å². The van der Waals surface area contributed by atoms with Crippen molar-refractivity contribution in [1.82, 2.24) is 14.8 Å². The Morgan fingerprint density at radius 3 is 2.57 bits per heavy atom. The second kappa shape index (κ2) is 6.56. The molecule has 3 amide bonds. The summed E-state index contributed by atoms with van der Waals surface area (Å²) in [6.45, 7) is 4.23. The van der Waals surface area contributed by atoms with E-state index in [0.717, 1.165) is 16.2 Å². The van der Waals surface area contributed by atoms with E-state index in [2.05, 4.69) is 10.1 Å². The van der Waals surface area contributed by atoms with Crippen LogP contribution in [0.5, 0.6) is 0 Å². The average molecular weight is 422 g/mol. The number of rotatable bonds is 2. The summed E-state index contributed by atoms with van der Waals surface area (Å²) in [6, 6.07) is 4.07. The van der Waals surface area contributed by atoms with Crippen molar-refractivity contribution in [2.45, 2.75) is 32.5 Å². The van der Waals surface area contributed by atoms with Crippen LogP contribution < -0.4 is 0 Å². The van der Waals surface area contributed by atoms with E-state index in [1.54, 1.807) is 24.2 Å². The number of aliphatic imine (C=N–C) groups is 1. The Kier molecular flexibility index (Phi) is 4.43. The third-order valence-corrected chi connectivity index (χ3v) is 5.90. The van der Waals surface area contributed by atoms with Gasteiger partial charge in [-0.1, -0.05) is 34.3 Å². The van der Waals surface area contributed by atoms with Crippen LogP contribution in [0.2, 0.25) is 10.0 Å². The SMILES string of the molecule is CC1=NN(Cc2ccc(Cl)cc2Cl)C2=[N+](C1C)C1C(=O)N(C)C(=O)N(C)C1=N2. The van der Waals surface area contributed by atoms with Crippen molar-refractivity contribution in [2.75, 3.05) is 14.1 Å². The number of hydrogen-bond donors (Lipinski definition) is 0. The maximum Gasteiger partial charge on any atom is 0.417 e. The van der Waals surface area contributed by atoms with E-state index < -0.39 is 12.1 Å². The second-order valence-corrected chi connectivity index (χ2v) is 7.87. The van der Waals surface area contributed by atoms with Crippen LogP contribution in [-0.4, -0.2) is 75.0 Å². The highest BCUT2D eigenvalue weighted by Gasteiger charge is 2.55. The highest BCUT2D eigenvalue weighted by molar-refractivity contribution is 6.35. The van der Waals surface area contributed by atoms with Crippen molar-refractivity contribution < 1.29 is 14.2 Å². The van der Waals surface area contributed by atoms with Gasteiger partial charge in [0.2, 0.25) is 11.9 Å². The number of fused-ring (bicyclic) bond motifs is 2. The highest BCUT2D eigenvalue weighted by Crippen LogP contribution is 2.28. The van der Waals surface area contributed by atoms with Gasteiger partial charge >= 0.3 is 12.0 Å². The Morgan fingerprint density at radius 2 is 1.89 bits per heavy atom. The number of hydrogen-bond acceptors (Lipinski definition) is 5. The first-order valence-corrected chi connectivity index (χ1v) is 9.52. The van der Waals surface area contributed by atoms with Crippen molar-refractivity contribution in [1.29, 1.82) is 0 Å². The number of imide groups is 1. The largest absolute Gasteiger partial charge is 0.417 e. The van der Waals surface area contributed by atoms with Gasteiger partial charge in [0.25, 0.3) is 5.91 Å². The van der Waals surface area contributed by atoms with Gasteiger partial charge in [-0.25, -0.2) is 9.37 Å². The van der Waals surface area contributed by atoms with Crippen molar-refractivity contribution >= 4 is 52.6 Å². The Morgan fingerprint density at radius 1 is 1.18 bits per heavy atom. The van der Waals surface area contributed by atoms with Gasteiger partial charge in [-0.2, -0.15) is 0 Å². The maximum absolute atomic E-state index is 12.9. The lowest BCUT2D eigenvalue weighted by atomic mass is 10.1. The number of guanidine groups is 1. The molecule has 10 heteroatoms. The van der Waals surface area contributed by atoms with Gasteiger partial charge < -0.3 is 0 Å². The summed E-state index contributed by atoms with van der Waals surface area (Å²) >= 11 is 12.3. The summed E-state index contributed by atoms with van der Waals surface area (Å²) < 4.78 is 1.91. The Balaban J connectivity index is 1.78. The van der Waals surface area contributed by atoms with Crippen molar-refractivity contribution in [3.05, 3.63) is 33.8 Å². The Hall–Kier alpha value is -2.45. The minimum atomic E-state index is -0.661. The summed E-state index contributed by atoms with van der Waals surface area (Å²) in [5.74, 6) is 0.627. The van der Waals surface area contributed by atoms with Crippen LogP contribution in [-0.2, 0) is 11.3 Å². The topological polar surface area (TPSA) is 71.6 Å². The zero-order valence-corrected chi connectivity index (χ0v) is 17.4. The van der Waals surface area contributed by atoms with Crippen LogP contribution in [0.4, 0.5) is 4.79 Å². The first-order valence-electron chi connectivity index (χ1n) is 8.76. The molecule has 0 saturated carbocycles. The fraction of sp³-hybridized carbons (Fsp3) is 0.389. The van der Waals surface area contributed by atoms with E-state index in [1.807, 2.05) is 24.5 Å². The third-order valence-electron chi connectivity index (χ3n) is 5.32. The quantitative estimate of drug-likeness (QED) is 0.687. The van der Waals surface area contributed by atoms with Gasteiger partial charge in [0.1, 0.15) is 12.6 Å². The average Bonchev–Trinajstić information content (AvgIpc) is 3.06. The number of carbonyl (C=O) groups is 2. The molecule has 0 radical (unpaired) electrons. The molecule has 0 aromatic heterocycles. The monoisotopic (exact) mass is 421 g/mol. The van der Waals surface area contributed by atoms with Crippen LogP contribution in [0.25, 0.3) is 0 Å². The molecule has 0 spiro atoms. The number of urea groups is 1. The Labute approximate surface area is 172 Å². The molecule has 28 heavy (non-hydrogen) atoms. The molecule has 0 bridgehead atoms. The standard InChI is InChI=1S/C18H19Cl2N6O2/c1-9-10(2)26-14-15(23(3)18(28)24(4)16(14)27)21-17(26)25(22-9)8-11-5-6-12(19)7-13(11)20/h5-7,10,14H,8H2,1-4H3/q+1. The van der Waals surface area contributed by atoms with Crippen LogP contribution >= 0.6 is 23.2 Å². The van der Waals surface area contributed by atoms with Crippen molar-refractivity contribution in [3.8, 4) is 0 Å². The van der Waals surface area contributed by atoms with Gasteiger partial charge in [0.05, 0.1) is 5.71 Å². The molecular weight excluding hydrogens is 403 g/mol. The van der Waals surface area contributed by atoms with Crippen molar-refractivity contribution in [3.63, 3.8) is 0 Å². The summed E-state index contributed by atoms with van der Waals surface area (Å²) in [7, 11) is 3.10. The predicted molar refractivity (Wildman–Crippen MR) is 107 cm³/mol. The van der Waals surface area contributed by atoms with Gasteiger partial charge in [-0.3, -0.25) is 14.6 Å². The maximum atomic E-state index is 12.9. The van der Waals surface area contributed by atoms with E-state index in [-0.39, 0.29) is 11.9 Å². The van der Waals surface area contributed by atoms with Crippen LogP contribution in [0, 0.1) is 0 Å². The minimum Gasteiger partial charge on any atom is -0.270 e. The second-order valence-electron chi connectivity index (χ2n) is 7.03. The van der Waals surface area contributed by atoms with Gasteiger partial charge in [0, 0.05) is 29.7 Å². The molecule has 146 valence electrons. The zero-order valence-electron chi connectivity index (χ0n) is 15.8. The third kappa shape index (κ3) is 2.70. The lowest BCUT2D eigenvalue weighted by Crippen LogP contribution is -2.63. The number of hydrazone groups is 1. The highest BCUT2D eigenvalue weighted by atomic mass is 35.5. The van der Waals surface area contributed by atoms with Crippen LogP contribution in [0.3, 0.4) is 0 Å². The van der Waals surface area contributed by atoms with Crippen molar-refractivity contribution in [2.24, 2.45) is 10.1 Å². The molecule has 3 heterocycles. The first kappa shape index (κ1) is 18.9. The molecule has 1 aromatic carbocycles. The number of amides is 3. The number of halogens is 2. The molecule has 3 aliphatic rings. The molecule has 0 aliphatic carbocycles. The van der Waals surface area contributed by atoms with Crippen LogP contribution in [0.15, 0.2) is 28.3 Å². The number of carbonyl (C=O) groups excluding carboxylic acids is 2. The van der Waals surface area contributed by atoms with E-state index in [4.69, 9.17) is 23.2 Å². The van der Waals surface area contributed by atoms with Gasteiger partial charge in [-0.05, 0) is 26.0 Å². The number of likely N-dealkylation sites (N-methyl/N-ethyl adjacent to an activating group) is 2. The van der Waals surface area contributed by atoms with Crippen LogP contribution in [0.1, 0.15) is 19.4 Å². The van der Waals surface area contributed by atoms with E-state index in [9.17, 15) is 9.59 Å². The molecule has 0 N–H and O–H groups in total. The van der Waals surface area contributed by atoms with Gasteiger partial charge in [-0.15, -0.1) is 10.1 Å². The molecule has 2 atom stereocenters. The summed E-state index contributed by atoms with van der Waals surface area (Å²) in [4.78, 5) is 32.4. The normalized spacial score (nSPS) is 24.4. The first-order chi connectivity index (χ1) is 13.2. The Bertz CT molecular complexity index is 1000. The van der Waals surface area contributed by atoms with Gasteiger partial charge in [0.15, 0.2) is 0 Å². The zero-order chi connectivity index (χ0) is 20.3. The lowest BCUT2D eigenvalue weighted by Gasteiger charge is -2.33. The van der Waals surface area contributed by atoms with E-state index in [0.29, 0.717) is 28.4 Å². The minimum absolute atomic E-state index is 0.142. The number of amidine groups is 1. The molecule has 8 nitrogen and oxygen atoms in total. The summed E-state index contributed by atoms with van der Waals surface area (Å²) in [6.07, 6.45) is 0. The predicted octanol–water partition coefficient (Wildman–Crippen LogP) is 2.25. The molecular formula is C18H19Cl2N6O2+. The molecule has 1 saturated heterocycles. The molecule has 1 aromatic rings. The molecule has 4 rings (SSSR count). The molecule has 3 aliphatic heterocycles. The fourth-order valence-corrected chi connectivity index (χ4v) is 4.04.